The van der Waals surface area contributed by atoms with Crippen LogP contribution in [-0.2, 0) is 7.05 Å². The maximum atomic E-state index is 13.0. The van der Waals surface area contributed by atoms with Gasteiger partial charge in [-0.25, -0.2) is 23.3 Å². The van der Waals surface area contributed by atoms with E-state index in [0.29, 0.717) is 24.2 Å². The van der Waals surface area contributed by atoms with E-state index in [9.17, 15) is 8.78 Å². The fourth-order valence-electron chi connectivity index (χ4n) is 4.22. The number of alkyl halides is 2. The number of aryl methyl sites for hydroxylation is 2. The van der Waals surface area contributed by atoms with Crippen molar-refractivity contribution in [2.75, 3.05) is 25.0 Å². The van der Waals surface area contributed by atoms with Gasteiger partial charge in [0.15, 0.2) is 17.4 Å². The lowest BCUT2D eigenvalue weighted by molar-refractivity contribution is 0.0563. The summed E-state index contributed by atoms with van der Waals surface area (Å²) in [6, 6.07) is 7.80. The third-order valence-electron chi connectivity index (χ3n) is 6.07. The number of hydrogen-bond donors (Lipinski definition) is 1. The molecule has 1 saturated heterocycles. The topological polar surface area (TPSA) is 85.4 Å². The van der Waals surface area contributed by atoms with Crippen molar-refractivity contribution in [3.8, 4) is 17.0 Å². The molecule has 0 radical (unpaired) electrons. The number of nitrogens with one attached hydrogen (secondary N) is 1. The number of fused-ring (bicyclic) bond motifs is 1. The first-order valence-corrected chi connectivity index (χ1v) is 11.2. The number of anilines is 2. The predicted molar refractivity (Wildman–Crippen MR) is 124 cm³/mol. The molecule has 0 spiro atoms. The summed E-state index contributed by atoms with van der Waals surface area (Å²) in [5.74, 6) is 0.984. The van der Waals surface area contributed by atoms with Crippen LogP contribution in [-0.4, -0.2) is 60.0 Å². The van der Waals surface area contributed by atoms with Crippen molar-refractivity contribution in [1.29, 1.82) is 0 Å². The number of pyridine rings is 1. The molecule has 1 atom stereocenters. The largest absolute Gasteiger partial charge is 0.488 e. The Bertz CT molecular complexity index is 1320. The van der Waals surface area contributed by atoms with Crippen LogP contribution in [0.15, 0.2) is 36.7 Å². The Balaban J connectivity index is 1.38. The van der Waals surface area contributed by atoms with Crippen molar-refractivity contribution in [2.24, 2.45) is 7.05 Å². The molecule has 4 aromatic rings. The molecule has 0 aliphatic carbocycles. The highest BCUT2D eigenvalue weighted by atomic mass is 19.3. The predicted octanol–water partition coefficient (Wildman–Crippen LogP) is 3.99. The van der Waals surface area contributed by atoms with Crippen LogP contribution in [0.4, 0.5) is 20.4 Å². The molecule has 178 valence electrons. The van der Waals surface area contributed by atoms with Gasteiger partial charge in [-0.05, 0) is 32.0 Å². The highest BCUT2D eigenvalue weighted by molar-refractivity contribution is 5.72. The van der Waals surface area contributed by atoms with E-state index in [1.54, 1.807) is 28.4 Å². The Labute approximate surface area is 195 Å². The number of likely N-dealkylation sites (tertiary alicyclic amines) is 1. The minimum absolute atomic E-state index is 0.269. The summed E-state index contributed by atoms with van der Waals surface area (Å²) in [6.45, 7) is 6.59. The van der Waals surface area contributed by atoms with E-state index in [0.717, 1.165) is 42.0 Å². The van der Waals surface area contributed by atoms with Gasteiger partial charge in [-0.3, -0.25) is 9.58 Å². The molecule has 0 unspecified atom stereocenters. The minimum Gasteiger partial charge on any atom is -0.488 e. The van der Waals surface area contributed by atoms with E-state index in [2.05, 4.69) is 37.3 Å². The van der Waals surface area contributed by atoms with Crippen LogP contribution in [0, 0.1) is 6.92 Å². The van der Waals surface area contributed by atoms with Gasteiger partial charge in [-0.1, -0.05) is 6.92 Å². The summed E-state index contributed by atoms with van der Waals surface area (Å²) in [7, 11) is 1.88. The molecular formula is C23H26F2N8O. The highest BCUT2D eigenvalue weighted by Crippen LogP contribution is 2.31. The zero-order valence-electron chi connectivity index (χ0n) is 19.2. The smallest absolute Gasteiger partial charge is 0.297 e. The number of rotatable bonds is 8. The molecule has 1 aliphatic rings. The molecule has 0 aromatic carbocycles. The summed E-state index contributed by atoms with van der Waals surface area (Å²) in [6.07, 6.45) is 1.99. The highest BCUT2D eigenvalue weighted by Gasteiger charge is 2.27. The maximum Gasteiger partial charge on any atom is 0.297 e. The van der Waals surface area contributed by atoms with Crippen molar-refractivity contribution in [2.45, 2.75) is 32.7 Å². The normalized spacial score (nSPS) is 16.2. The van der Waals surface area contributed by atoms with Gasteiger partial charge in [0.1, 0.15) is 18.1 Å². The number of hydrogen-bond acceptors (Lipinski definition) is 7. The van der Waals surface area contributed by atoms with Crippen LogP contribution >= 0.6 is 0 Å². The Kier molecular flexibility index (Phi) is 5.86. The quantitative estimate of drug-likeness (QED) is 0.419. The minimum atomic E-state index is -2.74. The van der Waals surface area contributed by atoms with E-state index < -0.39 is 12.2 Å². The molecule has 1 fully saturated rings. The number of aromatic nitrogens is 6. The zero-order chi connectivity index (χ0) is 23.8. The van der Waals surface area contributed by atoms with E-state index >= 15 is 0 Å². The van der Waals surface area contributed by atoms with Gasteiger partial charge in [-0.2, -0.15) is 10.2 Å². The van der Waals surface area contributed by atoms with E-state index in [1.807, 2.05) is 31.4 Å². The fourth-order valence-corrected chi connectivity index (χ4v) is 4.22. The summed E-state index contributed by atoms with van der Waals surface area (Å²) in [5, 5.41) is 11.9. The Morgan fingerprint density at radius 1 is 1.21 bits per heavy atom. The van der Waals surface area contributed by atoms with Gasteiger partial charge in [0.25, 0.3) is 6.43 Å². The van der Waals surface area contributed by atoms with Crippen LogP contribution in [0.3, 0.4) is 0 Å². The molecule has 4 aromatic heterocycles. The Morgan fingerprint density at radius 3 is 2.79 bits per heavy atom. The van der Waals surface area contributed by atoms with Crippen LogP contribution in [0.2, 0.25) is 0 Å². The zero-order valence-corrected chi connectivity index (χ0v) is 19.2. The molecular weight excluding hydrogens is 442 g/mol. The third-order valence-corrected chi connectivity index (χ3v) is 6.07. The van der Waals surface area contributed by atoms with Crippen molar-refractivity contribution < 1.29 is 13.5 Å². The average Bonchev–Trinajstić information content (AvgIpc) is 3.34. The fraction of sp³-hybridized carbons (Fsp3) is 0.391. The molecule has 0 saturated carbocycles. The molecule has 1 N–H and O–H groups in total. The van der Waals surface area contributed by atoms with Gasteiger partial charge >= 0.3 is 0 Å². The second-order valence-electron chi connectivity index (χ2n) is 8.36. The second kappa shape index (κ2) is 8.98. The van der Waals surface area contributed by atoms with Gasteiger partial charge < -0.3 is 10.1 Å². The lowest BCUT2D eigenvalue weighted by Crippen LogP contribution is -2.50. The molecule has 11 heteroatoms. The van der Waals surface area contributed by atoms with Gasteiger partial charge in [0.2, 0.25) is 0 Å². The Morgan fingerprint density at radius 2 is 2.06 bits per heavy atom. The Hall–Kier alpha value is -3.60. The first-order valence-electron chi connectivity index (χ1n) is 11.2. The number of likely N-dealkylation sites (N-methyl/N-ethyl adjacent to an activating group) is 1. The van der Waals surface area contributed by atoms with Gasteiger partial charge in [0, 0.05) is 49.2 Å². The summed E-state index contributed by atoms with van der Waals surface area (Å²) < 4.78 is 35.7. The molecule has 9 nitrogen and oxygen atoms in total. The second-order valence-corrected chi connectivity index (χ2v) is 8.36. The van der Waals surface area contributed by atoms with Crippen molar-refractivity contribution in [3.05, 3.63) is 48.2 Å². The third kappa shape index (κ3) is 4.30. The number of ether oxygens (including phenoxy) is 1. The molecule has 0 amide bonds. The molecule has 5 rings (SSSR count). The summed E-state index contributed by atoms with van der Waals surface area (Å²) in [5.41, 5.74) is 3.09. The van der Waals surface area contributed by atoms with Gasteiger partial charge in [-0.15, -0.1) is 0 Å². The van der Waals surface area contributed by atoms with Crippen LogP contribution in [0.5, 0.6) is 5.75 Å². The SMILES string of the molecule is CCN1CC[C@@H]1COc1cnn(C)c1-c1ccn2nc(Nc3cc(C)nc(C(F)F)n3)cc2c1. The van der Waals surface area contributed by atoms with Crippen LogP contribution < -0.4 is 10.1 Å². The average molecular weight is 469 g/mol. The summed E-state index contributed by atoms with van der Waals surface area (Å²) >= 11 is 0. The van der Waals surface area contributed by atoms with E-state index in [1.165, 1.54) is 0 Å². The lowest BCUT2D eigenvalue weighted by atomic mass is 10.0. The van der Waals surface area contributed by atoms with Gasteiger partial charge in [0.05, 0.1) is 11.7 Å². The monoisotopic (exact) mass is 468 g/mol. The van der Waals surface area contributed by atoms with Crippen LogP contribution in [0.25, 0.3) is 16.8 Å². The molecule has 34 heavy (non-hydrogen) atoms. The van der Waals surface area contributed by atoms with E-state index in [4.69, 9.17) is 4.74 Å². The van der Waals surface area contributed by atoms with Crippen molar-refractivity contribution in [3.63, 3.8) is 0 Å². The molecule has 0 bridgehead atoms. The maximum absolute atomic E-state index is 13.0. The standard InChI is InChI=1S/C23H26F2N8O/c1-4-32-7-6-16(32)13-34-18-12-26-31(3)21(18)15-5-8-33-17(10-15)11-20(30-33)28-19-9-14(2)27-23(29-19)22(24)25/h5,8-12,16,22H,4,6-7,13H2,1-3H3,(H,27,28,29,30)/t16-/m1/s1. The molecule has 1 aliphatic heterocycles. The number of nitrogens with zero attached hydrogens (tertiary/aromatic N) is 7. The first kappa shape index (κ1) is 22.2. The lowest BCUT2D eigenvalue weighted by Gasteiger charge is -2.39. The first-order chi connectivity index (χ1) is 16.4. The van der Waals surface area contributed by atoms with Crippen molar-refractivity contribution in [1.82, 2.24) is 34.3 Å². The summed E-state index contributed by atoms with van der Waals surface area (Å²) in [4.78, 5) is 10.0. The number of halogens is 2. The van der Waals surface area contributed by atoms with Crippen molar-refractivity contribution >= 4 is 17.2 Å². The molecule has 5 heterocycles. The van der Waals surface area contributed by atoms with E-state index in [-0.39, 0.29) is 5.82 Å². The van der Waals surface area contributed by atoms with Crippen LogP contribution in [0.1, 0.15) is 31.3 Å².